The summed E-state index contributed by atoms with van der Waals surface area (Å²) in [5.41, 5.74) is 0.527. The molecule has 1 aromatic heterocycles. The Morgan fingerprint density at radius 3 is 2.84 bits per heavy atom. The van der Waals surface area contributed by atoms with E-state index in [9.17, 15) is 19.1 Å². The van der Waals surface area contributed by atoms with Crippen LogP contribution in [-0.4, -0.2) is 38.2 Å². The van der Waals surface area contributed by atoms with Crippen molar-refractivity contribution < 1.29 is 19.1 Å². The molecule has 1 fully saturated rings. The normalized spacial score (nSPS) is 20.7. The zero-order chi connectivity index (χ0) is 17.8. The lowest BCUT2D eigenvalue weighted by Crippen LogP contribution is -2.46. The summed E-state index contributed by atoms with van der Waals surface area (Å²) in [6.07, 6.45) is 4.63. The highest BCUT2D eigenvalue weighted by Gasteiger charge is 2.40. The summed E-state index contributed by atoms with van der Waals surface area (Å²) in [7, 11) is 0. The molecule has 6 nitrogen and oxygen atoms in total. The summed E-state index contributed by atoms with van der Waals surface area (Å²) in [6.45, 7) is 1.04. The van der Waals surface area contributed by atoms with Crippen molar-refractivity contribution in [3.8, 4) is 0 Å². The molecular weight excluding hydrogens is 325 g/mol. The average Bonchev–Trinajstić information content (AvgIpc) is 3.09. The molecule has 7 heteroatoms. The van der Waals surface area contributed by atoms with Gasteiger partial charge in [0.05, 0.1) is 12.0 Å². The summed E-state index contributed by atoms with van der Waals surface area (Å²) < 4.78 is 15.4. The number of benzene rings is 1. The number of amides is 1. The van der Waals surface area contributed by atoms with Crippen LogP contribution < -0.4 is 0 Å². The number of hydrogen-bond acceptors (Lipinski definition) is 3. The number of piperidine rings is 1. The second kappa shape index (κ2) is 7.46. The highest BCUT2D eigenvalue weighted by molar-refractivity contribution is 5.81. The number of halogens is 1. The molecule has 0 saturated carbocycles. The third kappa shape index (κ3) is 3.87. The Hall–Kier alpha value is -2.70. The average molecular weight is 345 g/mol. The minimum atomic E-state index is -0.959. The van der Waals surface area contributed by atoms with Crippen LogP contribution in [0.2, 0.25) is 0 Å². The van der Waals surface area contributed by atoms with E-state index in [2.05, 4.69) is 5.10 Å². The minimum absolute atomic E-state index is 0.0905. The van der Waals surface area contributed by atoms with Gasteiger partial charge in [0, 0.05) is 31.9 Å². The summed E-state index contributed by atoms with van der Waals surface area (Å²) in [5, 5.41) is 13.7. The van der Waals surface area contributed by atoms with Crippen molar-refractivity contribution in [3.05, 3.63) is 54.1 Å². The van der Waals surface area contributed by atoms with Gasteiger partial charge in [0.2, 0.25) is 5.91 Å². The van der Waals surface area contributed by atoms with Gasteiger partial charge >= 0.3 is 5.97 Å². The van der Waals surface area contributed by atoms with Crippen molar-refractivity contribution in [2.75, 3.05) is 6.54 Å². The van der Waals surface area contributed by atoms with Crippen LogP contribution in [0.4, 0.5) is 4.39 Å². The molecule has 1 aliphatic rings. The number of nitrogens with zero attached hydrogens (tertiary/aromatic N) is 3. The van der Waals surface area contributed by atoms with Crippen LogP contribution >= 0.6 is 0 Å². The molecule has 0 bridgehead atoms. The van der Waals surface area contributed by atoms with E-state index in [4.69, 9.17) is 0 Å². The van der Waals surface area contributed by atoms with E-state index in [-0.39, 0.29) is 18.7 Å². The minimum Gasteiger partial charge on any atom is -0.481 e. The van der Waals surface area contributed by atoms with Gasteiger partial charge < -0.3 is 10.0 Å². The number of aryl methyl sites for hydroxylation is 1. The zero-order valence-corrected chi connectivity index (χ0v) is 13.7. The highest BCUT2D eigenvalue weighted by atomic mass is 19.1. The predicted octanol–water partition coefficient (Wildman–Crippen LogP) is 2.48. The first-order valence-electron chi connectivity index (χ1n) is 8.31. The molecule has 0 spiro atoms. The number of carbonyl (C=O) groups excluding carboxylic acids is 1. The second-order valence-electron chi connectivity index (χ2n) is 6.19. The number of likely N-dealkylation sites (tertiary alicyclic amines) is 1. The van der Waals surface area contributed by atoms with Crippen LogP contribution in [0, 0.1) is 11.7 Å². The van der Waals surface area contributed by atoms with Crippen LogP contribution in [0.1, 0.15) is 30.9 Å². The Kier molecular flexibility index (Phi) is 5.11. The molecule has 2 unspecified atom stereocenters. The van der Waals surface area contributed by atoms with Gasteiger partial charge in [-0.25, -0.2) is 4.39 Å². The maximum Gasteiger partial charge on any atom is 0.308 e. The fourth-order valence-corrected chi connectivity index (χ4v) is 3.41. The third-order valence-electron chi connectivity index (χ3n) is 4.56. The SMILES string of the molecule is O=C(O)C1CCC(=O)N(CCCn2cccn2)C1c1cccc(F)c1. The van der Waals surface area contributed by atoms with E-state index in [1.807, 2.05) is 12.3 Å². The molecule has 2 aromatic rings. The van der Waals surface area contributed by atoms with E-state index >= 15 is 0 Å². The molecule has 132 valence electrons. The summed E-state index contributed by atoms with van der Waals surface area (Å²) in [6, 6.07) is 7.04. The van der Waals surface area contributed by atoms with Gasteiger partial charge in [-0.1, -0.05) is 12.1 Å². The zero-order valence-electron chi connectivity index (χ0n) is 13.7. The quantitative estimate of drug-likeness (QED) is 0.873. The lowest BCUT2D eigenvalue weighted by Gasteiger charge is -2.40. The number of aromatic nitrogens is 2. The molecule has 1 N–H and O–H groups in total. The third-order valence-corrected chi connectivity index (χ3v) is 4.56. The molecule has 2 atom stereocenters. The first kappa shape index (κ1) is 17.1. The first-order valence-corrected chi connectivity index (χ1v) is 8.31. The van der Waals surface area contributed by atoms with E-state index < -0.39 is 23.7 Å². The fraction of sp³-hybridized carbons (Fsp3) is 0.389. The molecular formula is C18H20FN3O3. The second-order valence-corrected chi connectivity index (χ2v) is 6.19. The van der Waals surface area contributed by atoms with E-state index in [1.165, 1.54) is 12.1 Å². The molecule has 1 amide bonds. The van der Waals surface area contributed by atoms with Crippen molar-refractivity contribution in [3.63, 3.8) is 0 Å². The maximum atomic E-state index is 13.6. The molecule has 1 aliphatic heterocycles. The lowest BCUT2D eigenvalue weighted by molar-refractivity contribution is -0.152. The predicted molar refractivity (Wildman–Crippen MR) is 88.1 cm³/mol. The summed E-state index contributed by atoms with van der Waals surface area (Å²) in [5.74, 6) is -2.22. The van der Waals surface area contributed by atoms with Crippen molar-refractivity contribution >= 4 is 11.9 Å². The standard InChI is InChI=1S/C18H20FN3O3/c19-14-5-1-4-13(12-14)17-15(18(24)25)6-7-16(23)22(17)11-3-10-21-9-2-8-20-21/h1-2,4-5,8-9,12,15,17H,3,6-7,10-11H2,(H,24,25). The first-order chi connectivity index (χ1) is 12.1. The number of carboxylic acids is 1. The monoisotopic (exact) mass is 345 g/mol. The van der Waals surface area contributed by atoms with Crippen LogP contribution in [0.15, 0.2) is 42.7 Å². The number of carbonyl (C=O) groups is 2. The molecule has 25 heavy (non-hydrogen) atoms. The van der Waals surface area contributed by atoms with E-state index in [0.29, 0.717) is 25.1 Å². The van der Waals surface area contributed by atoms with E-state index in [1.54, 1.807) is 27.9 Å². The van der Waals surface area contributed by atoms with Gasteiger partial charge in [-0.15, -0.1) is 0 Å². The Bertz CT molecular complexity index is 748. The maximum absolute atomic E-state index is 13.6. The molecule has 3 rings (SSSR count). The van der Waals surface area contributed by atoms with Crippen LogP contribution in [-0.2, 0) is 16.1 Å². The Labute approximate surface area is 144 Å². The van der Waals surface area contributed by atoms with Gasteiger partial charge in [-0.2, -0.15) is 5.10 Å². The summed E-state index contributed by atoms with van der Waals surface area (Å²) in [4.78, 5) is 25.7. The molecule has 0 aliphatic carbocycles. The lowest BCUT2D eigenvalue weighted by atomic mass is 9.84. The summed E-state index contributed by atoms with van der Waals surface area (Å²) >= 11 is 0. The van der Waals surface area contributed by atoms with Crippen molar-refractivity contribution in [2.45, 2.75) is 31.8 Å². The Morgan fingerprint density at radius 1 is 1.32 bits per heavy atom. The van der Waals surface area contributed by atoms with Gasteiger partial charge in [-0.05, 0) is 36.6 Å². The molecule has 0 radical (unpaired) electrons. The van der Waals surface area contributed by atoms with Gasteiger partial charge in [0.1, 0.15) is 5.82 Å². The molecule has 2 heterocycles. The van der Waals surface area contributed by atoms with Crippen molar-refractivity contribution in [1.82, 2.24) is 14.7 Å². The van der Waals surface area contributed by atoms with Gasteiger partial charge in [-0.3, -0.25) is 14.3 Å². The van der Waals surface area contributed by atoms with Crippen LogP contribution in [0.25, 0.3) is 0 Å². The number of carboxylic acid groups (broad SMARTS) is 1. The number of hydrogen-bond donors (Lipinski definition) is 1. The van der Waals surface area contributed by atoms with Gasteiger partial charge in [0.15, 0.2) is 0 Å². The Morgan fingerprint density at radius 2 is 2.16 bits per heavy atom. The van der Waals surface area contributed by atoms with Crippen molar-refractivity contribution in [2.24, 2.45) is 5.92 Å². The number of aliphatic carboxylic acids is 1. The highest BCUT2D eigenvalue weighted by Crippen LogP contribution is 2.37. The van der Waals surface area contributed by atoms with Crippen molar-refractivity contribution in [1.29, 1.82) is 0 Å². The Balaban J connectivity index is 1.82. The largest absolute Gasteiger partial charge is 0.481 e. The molecule has 1 aromatic carbocycles. The van der Waals surface area contributed by atoms with E-state index in [0.717, 1.165) is 0 Å². The van der Waals surface area contributed by atoms with Crippen LogP contribution in [0.3, 0.4) is 0 Å². The fourth-order valence-electron chi connectivity index (χ4n) is 3.41. The van der Waals surface area contributed by atoms with Crippen LogP contribution in [0.5, 0.6) is 0 Å². The molecule has 1 saturated heterocycles. The number of rotatable bonds is 6. The smallest absolute Gasteiger partial charge is 0.308 e. The topological polar surface area (TPSA) is 75.4 Å². The van der Waals surface area contributed by atoms with Gasteiger partial charge in [0.25, 0.3) is 0 Å².